The van der Waals surface area contributed by atoms with Gasteiger partial charge >= 0.3 is 0 Å². The first-order valence-corrected chi connectivity index (χ1v) is 6.75. The zero-order chi connectivity index (χ0) is 10.5. The second-order valence-corrected chi connectivity index (χ2v) is 5.51. The summed E-state index contributed by atoms with van der Waals surface area (Å²) in [5.41, 5.74) is 0. The monoisotopic (exact) mass is 274 g/mol. The number of hydrogen-bond acceptors (Lipinski definition) is 3. The van der Waals surface area contributed by atoms with Gasteiger partial charge in [0.25, 0.3) is 0 Å². The van der Waals surface area contributed by atoms with Crippen molar-refractivity contribution >= 4 is 21.7 Å². The highest BCUT2D eigenvalue weighted by atomic mass is 79.9. The summed E-state index contributed by atoms with van der Waals surface area (Å²) in [5, 5.41) is 0.962. The molecule has 3 rings (SSSR count). The second-order valence-electron chi connectivity index (χ2n) is 4.72. The lowest BCUT2D eigenvalue weighted by atomic mass is 9.60. The van der Waals surface area contributed by atoms with E-state index in [9.17, 15) is 4.79 Å². The SMILES string of the molecule is O=C1C[C@H]2[C@@H](C1)C1(OCCO1)[C@H]2CCBr. The number of Topliss-reactive ketones (excluding diaryl/α,β-unsaturated/α-hetero) is 1. The van der Waals surface area contributed by atoms with Crippen molar-refractivity contribution in [3.63, 3.8) is 0 Å². The first kappa shape index (κ1) is 10.2. The fraction of sp³-hybridized carbons (Fsp3) is 0.909. The van der Waals surface area contributed by atoms with Crippen molar-refractivity contribution in [2.24, 2.45) is 17.8 Å². The summed E-state index contributed by atoms with van der Waals surface area (Å²) in [5.74, 6) is 1.30. The maximum absolute atomic E-state index is 11.5. The molecule has 0 amide bonds. The van der Waals surface area contributed by atoms with E-state index in [1.54, 1.807) is 0 Å². The number of carbonyl (C=O) groups excluding carboxylic acids is 1. The summed E-state index contributed by atoms with van der Waals surface area (Å²) in [6, 6.07) is 0. The van der Waals surface area contributed by atoms with Crippen LogP contribution in [-0.4, -0.2) is 30.1 Å². The summed E-state index contributed by atoms with van der Waals surface area (Å²) >= 11 is 3.47. The first-order valence-electron chi connectivity index (χ1n) is 5.63. The summed E-state index contributed by atoms with van der Waals surface area (Å²) < 4.78 is 11.6. The van der Waals surface area contributed by atoms with E-state index in [0.29, 0.717) is 43.2 Å². The molecule has 0 aromatic rings. The molecule has 1 heterocycles. The van der Waals surface area contributed by atoms with Gasteiger partial charge in [-0.15, -0.1) is 0 Å². The van der Waals surface area contributed by atoms with Crippen molar-refractivity contribution < 1.29 is 14.3 Å². The molecule has 3 atom stereocenters. The number of ether oxygens (including phenoxy) is 2. The highest BCUT2D eigenvalue weighted by molar-refractivity contribution is 9.09. The lowest BCUT2D eigenvalue weighted by Gasteiger charge is -2.54. The van der Waals surface area contributed by atoms with Crippen LogP contribution in [0.4, 0.5) is 0 Å². The van der Waals surface area contributed by atoms with Crippen LogP contribution in [0.2, 0.25) is 0 Å². The van der Waals surface area contributed by atoms with E-state index in [4.69, 9.17) is 9.47 Å². The van der Waals surface area contributed by atoms with Crippen LogP contribution in [-0.2, 0) is 14.3 Å². The van der Waals surface area contributed by atoms with Gasteiger partial charge in [-0.3, -0.25) is 4.79 Å². The van der Waals surface area contributed by atoms with Gasteiger partial charge in [-0.2, -0.15) is 0 Å². The Balaban J connectivity index is 1.83. The molecule has 3 fully saturated rings. The van der Waals surface area contributed by atoms with Crippen LogP contribution in [0.15, 0.2) is 0 Å². The van der Waals surface area contributed by atoms with Crippen molar-refractivity contribution in [3.05, 3.63) is 0 Å². The Morgan fingerprint density at radius 2 is 2.07 bits per heavy atom. The van der Waals surface area contributed by atoms with E-state index in [1.807, 2.05) is 0 Å². The van der Waals surface area contributed by atoms with Gasteiger partial charge in [-0.25, -0.2) is 0 Å². The van der Waals surface area contributed by atoms with E-state index in [-0.39, 0.29) is 5.79 Å². The number of carbonyl (C=O) groups is 1. The number of hydrogen-bond donors (Lipinski definition) is 0. The highest BCUT2D eigenvalue weighted by Gasteiger charge is 2.67. The number of halogens is 1. The van der Waals surface area contributed by atoms with Gasteiger partial charge in [0.15, 0.2) is 5.79 Å². The van der Waals surface area contributed by atoms with E-state index in [0.717, 1.165) is 18.2 Å². The molecule has 3 aliphatic rings. The molecule has 4 heteroatoms. The van der Waals surface area contributed by atoms with E-state index < -0.39 is 0 Å². The Morgan fingerprint density at radius 3 is 2.73 bits per heavy atom. The van der Waals surface area contributed by atoms with Gasteiger partial charge in [0.1, 0.15) is 5.78 Å². The molecule has 0 aromatic heterocycles. The minimum absolute atomic E-state index is 0.344. The fourth-order valence-electron chi connectivity index (χ4n) is 3.61. The predicted molar refractivity (Wildman–Crippen MR) is 57.8 cm³/mol. The second kappa shape index (κ2) is 3.54. The molecule has 0 bridgehead atoms. The van der Waals surface area contributed by atoms with Crippen molar-refractivity contribution in [3.8, 4) is 0 Å². The zero-order valence-electron chi connectivity index (χ0n) is 8.58. The summed E-state index contributed by atoms with van der Waals surface area (Å²) in [7, 11) is 0. The molecule has 0 N–H and O–H groups in total. The third-order valence-corrected chi connectivity index (χ3v) is 4.59. The van der Waals surface area contributed by atoms with E-state index >= 15 is 0 Å². The minimum atomic E-state index is -0.384. The molecule has 1 spiro atoms. The Kier molecular flexibility index (Phi) is 2.41. The molecule has 0 radical (unpaired) electrons. The standard InChI is InChI=1S/C11H15BrO3/c12-2-1-9-8-5-7(13)6-10(8)11(9)14-3-4-15-11/h8-10H,1-6H2/t8-,9+,10-/m1/s1. The van der Waals surface area contributed by atoms with Gasteiger partial charge < -0.3 is 9.47 Å². The van der Waals surface area contributed by atoms with Crippen LogP contribution >= 0.6 is 15.9 Å². The van der Waals surface area contributed by atoms with E-state index in [1.165, 1.54) is 0 Å². The fourth-order valence-corrected chi connectivity index (χ4v) is 4.10. The lowest BCUT2D eigenvalue weighted by Crippen LogP contribution is -2.61. The zero-order valence-corrected chi connectivity index (χ0v) is 10.2. The molecule has 0 aromatic carbocycles. The Labute approximate surface area is 97.6 Å². The molecule has 15 heavy (non-hydrogen) atoms. The molecule has 2 aliphatic carbocycles. The minimum Gasteiger partial charge on any atom is -0.347 e. The van der Waals surface area contributed by atoms with Crippen LogP contribution < -0.4 is 0 Å². The Hall–Kier alpha value is 0.0700. The van der Waals surface area contributed by atoms with Crippen LogP contribution in [0.5, 0.6) is 0 Å². The van der Waals surface area contributed by atoms with E-state index in [2.05, 4.69) is 15.9 Å². The average Bonchev–Trinajstić information content (AvgIpc) is 2.81. The Morgan fingerprint density at radius 1 is 1.33 bits per heavy atom. The third kappa shape index (κ3) is 1.28. The Bertz CT molecular complexity index is 286. The van der Waals surface area contributed by atoms with Crippen molar-refractivity contribution in [1.82, 2.24) is 0 Å². The average molecular weight is 275 g/mol. The normalized spacial score (nSPS) is 41.9. The van der Waals surface area contributed by atoms with Crippen molar-refractivity contribution in [2.75, 3.05) is 18.5 Å². The van der Waals surface area contributed by atoms with Gasteiger partial charge in [0.05, 0.1) is 13.2 Å². The molecule has 1 aliphatic heterocycles. The number of rotatable bonds is 2. The summed E-state index contributed by atoms with van der Waals surface area (Å²) in [6.45, 7) is 1.38. The molecular formula is C11H15BrO3. The largest absolute Gasteiger partial charge is 0.347 e. The van der Waals surface area contributed by atoms with Crippen molar-refractivity contribution in [1.29, 1.82) is 0 Å². The first-order chi connectivity index (χ1) is 7.28. The van der Waals surface area contributed by atoms with Crippen LogP contribution in [0.3, 0.4) is 0 Å². The quantitative estimate of drug-likeness (QED) is 0.720. The van der Waals surface area contributed by atoms with Gasteiger partial charge in [0.2, 0.25) is 0 Å². The molecule has 84 valence electrons. The smallest absolute Gasteiger partial charge is 0.175 e. The predicted octanol–water partition coefficient (Wildman–Crippen LogP) is 1.74. The molecular weight excluding hydrogens is 260 g/mol. The lowest BCUT2D eigenvalue weighted by molar-refractivity contribution is -0.311. The number of fused-ring (bicyclic) bond motifs is 2. The highest BCUT2D eigenvalue weighted by Crippen LogP contribution is 2.61. The van der Waals surface area contributed by atoms with Crippen LogP contribution in [0.1, 0.15) is 19.3 Å². The topological polar surface area (TPSA) is 35.5 Å². The number of ketones is 1. The van der Waals surface area contributed by atoms with Crippen LogP contribution in [0.25, 0.3) is 0 Å². The van der Waals surface area contributed by atoms with Gasteiger partial charge in [-0.1, -0.05) is 15.9 Å². The van der Waals surface area contributed by atoms with Gasteiger partial charge in [0, 0.05) is 30.0 Å². The van der Waals surface area contributed by atoms with Crippen molar-refractivity contribution in [2.45, 2.75) is 25.0 Å². The summed E-state index contributed by atoms with van der Waals surface area (Å²) in [4.78, 5) is 11.5. The molecule has 3 nitrogen and oxygen atoms in total. The molecule has 0 unspecified atom stereocenters. The van der Waals surface area contributed by atoms with Gasteiger partial charge in [-0.05, 0) is 12.3 Å². The third-order valence-electron chi connectivity index (χ3n) is 4.14. The number of alkyl halides is 1. The molecule has 2 saturated carbocycles. The molecule has 1 saturated heterocycles. The maximum Gasteiger partial charge on any atom is 0.175 e. The maximum atomic E-state index is 11.5. The van der Waals surface area contributed by atoms with Crippen LogP contribution in [0, 0.1) is 17.8 Å². The summed E-state index contributed by atoms with van der Waals surface area (Å²) in [6.07, 6.45) is 2.47.